The van der Waals surface area contributed by atoms with E-state index in [9.17, 15) is 14.5 Å². The van der Waals surface area contributed by atoms with Crippen LogP contribution in [0, 0.1) is 6.92 Å². The van der Waals surface area contributed by atoms with Crippen LogP contribution < -0.4 is 5.32 Å². The number of hydrogen-bond acceptors (Lipinski definition) is 5. The summed E-state index contributed by atoms with van der Waals surface area (Å²) in [6.07, 6.45) is 1.52. The maximum atomic E-state index is 11.9. The maximum Gasteiger partial charge on any atom is 0.261 e. The van der Waals surface area contributed by atoms with Crippen molar-refractivity contribution in [1.82, 2.24) is 4.98 Å². The van der Waals surface area contributed by atoms with Gasteiger partial charge in [0.2, 0.25) is 0 Å². The van der Waals surface area contributed by atoms with Gasteiger partial charge in [-0.2, -0.15) is 4.98 Å². The molecule has 5 nitrogen and oxygen atoms in total. The van der Waals surface area contributed by atoms with Crippen molar-refractivity contribution in [1.29, 1.82) is 0 Å². The van der Waals surface area contributed by atoms with Crippen LogP contribution in [0.3, 0.4) is 0 Å². The van der Waals surface area contributed by atoms with Crippen molar-refractivity contribution in [3.05, 3.63) is 34.7 Å². The Morgan fingerprint density at radius 1 is 1.53 bits per heavy atom. The molecule has 0 saturated heterocycles. The van der Waals surface area contributed by atoms with Crippen LogP contribution in [0.2, 0.25) is 0 Å². The largest absolute Gasteiger partial charge is 0.610 e. The van der Waals surface area contributed by atoms with E-state index in [1.165, 1.54) is 23.7 Å². The second-order valence-corrected chi connectivity index (χ2v) is 6.10. The molecule has 2 rings (SSSR count). The number of carbonyl (C=O) groups is 1. The predicted molar refractivity (Wildman–Crippen MR) is 75.2 cm³/mol. The highest BCUT2D eigenvalue weighted by Gasteiger charge is 2.15. The molecule has 0 fully saturated rings. The number of thiazole rings is 1. The molecule has 7 heteroatoms. The van der Waals surface area contributed by atoms with Gasteiger partial charge in [0.1, 0.15) is 12.0 Å². The Labute approximate surface area is 117 Å². The fourth-order valence-corrected chi connectivity index (χ4v) is 2.98. The smallest absolute Gasteiger partial charge is 0.261 e. The number of anilines is 1. The number of nitrogens with one attached hydrogen (secondary N) is 1. The number of rotatable bonds is 3. The molecule has 1 atom stereocenters. The average Bonchev–Trinajstić information content (AvgIpc) is 2.77. The van der Waals surface area contributed by atoms with E-state index in [2.05, 4.69) is 10.3 Å². The quantitative estimate of drug-likeness (QED) is 0.850. The molecule has 0 spiro atoms. The van der Waals surface area contributed by atoms with Crippen LogP contribution in [0.4, 0.5) is 5.13 Å². The second-order valence-electron chi connectivity index (χ2n) is 3.92. The van der Waals surface area contributed by atoms with Gasteiger partial charge in [0, 0.05) is 11.2 Å². The first-order valence-corrected chi connectivity index (χ1v) is 7.81. The minimum absolute atomic E-state index is 0.0756. The molecule has 0 bridgehead atoms. The molecule has 1 aromatic carbocycles. The number of carbonyl (C=O) groups excluding carboxylic acids is 1. The highest BCUT2D eigenvalue weighted by molar-refractivity contribution is 7.90. The molecule has 0 aliphatic rings. The first-order chi connectivity index (χ1) is 8.97. The van der Waals surface area contributed by atoms with E-state index in [0.717, 1.165) is 5.56 Å². The average molecular weight is 296 g/mol. The summed E-state index contributed by atoms with van der Waals surface area (Å²) >= 11 is 0.0158. The Hall–Kier alpha value is -1.57. The molecular weight excluding hydrogens is 284 g/mol. The molecule has 0 saturated carbocycles. The predicted octanol–water partition coefficient (Wildman–Crippen LogP) is 2.15. The highest BCUT2D eigenvalue weighted by Crippen LogP contribution is 2.23. The number of phenols is 1. The zero-order chi connectivity index (χ0) is 14.0. The van der Waals surface area contributed by atoms with Crippen LogP contribution in [0.15, 0.2) is 28.6 Å². The Morgan fingerprint density at radius 2 is 2.26 bits per heavy atom. The number of amides is 1. The van der Waals surface area contributed by atoms with Gasteiger partial charge in [0.25, 0.3) is 10.9 Å². The van der Waals surface area contributed by atoms with E-state index in [-0.39, 0.29) is 11.3 Å². The van der Waals surface area contributed by atoms with E-state index < -0.39 is 17.1 Å². The summed E-state index contributed by atoms with van der Waals surface area (Å²) in [5.41, 5.74) is 1.05. The topological polar surface area (TPSA) is 85.3 Å². The van der Waals surface area contributed by atoms with Crippen LogP contribution in [-0.4, -0.2) is 26.8 Å². The molecule has 0 radical (unpaired) electrons. The third-order valence-corrected chi connectivity index (χ3v) is 4.10. The molecule has 19 heavy (non-hydrogen) atoms. The van der Waals surface area contributed by atoms with Gasteiger partial charge in [-0.25, -0.2) is 0 Å². The van der Waals surface area contributed by atoms with Crippen molar-refractivity contribution in [3.63, 3.8) is 0 Å². The summed E-state index contributed by atoms with van der Waals surface area (Å²) in [5.74, 6) is -0.520. The van der Waals surface area contributed by atoms with Crippen molar-refractivity contribution in [3.8, 4) is 5.75 Å². The van der Waals surface area contributed by atoms with Crippen LogP contribution >= 0.6 is 11.3 Å². The third-order valence-electron chi connectivity index (χ3n) is 2.40. The zero-order valence-corrected chi connectivity index (χ0v) is 12.0. The van der Waals surface area contributed by atoms with E-state index in [4.69, 9.17) is 0 Å². The van der Waals surface area contributed by atoms with Gasteiger partial charge in [-0.3, -0.25) is 10.1 Å². The molecule has 2 aromatic rings. The highest BCUT2D eigenvalue weighted by atomic mass is 32.2. The van der Waals surface area contributed by atoms with Gasteiger partial charge >= 0.3 is 0 Å². The van der Waals surface area contributed by atoms with Gasteiger partial charge in [-0.05, 0) is 24.6 Å². The van der Waals surface area contributed by atoms with E-state index in [0.29, 0.717) is 10.2 Å². The van der Waals surface area contributed by atoms with Crippen LogP contribution in [-0.2, 0) is 11.2 Å². The monoisotopic (exact) mass is 296 g/mol. The number of phenolic OH excluding ortho intramolecular Hbond substituents is 1. The summed E-state index contributed by atoms with van der Waals surface area (Å²) in [4.78, 5) is 16.0. The zero-order valence-electron chi connectivity index (χ0n) is 10.3. The fraction of sp³-hybridized carbons (Fsp3) is 0.167. The number of benzene rings is 1. The molecule has 1 amide bonds. The molecule has 0 aliphatic heterocycles. The lowest BCUT2D eigenvalue weighted by Crippen LogP contribution is -2.12. The van der Waals surface area contributed by atoms with Gasteiger partial charge in [-0.15, -0.1) is 0 Å². The van der Waals surface area contributed by atoms with Crippen molar-refractivity contribution >= 4 is 33.6 Å². The standard InChI is InChI=1S/C12H12N2O3S2/c1-7-3-4-8(9(15)5-7)11(16)14-12-13-10(6-18-12)19(2)17/h3-6,15H,1-2H3,(H,13,14,16). The lowest BCUT2D eigenvalue weighted by Gasteiger charge is -2.05. The van der Waals surface area contributed by atoms with E-state index in [1.54, 1.807) is 17.5 Å². The summed E-state index contributed by atoms with van der Waals surface area (Å²) in [6.45, 7) is 1.82. The Kier molecular flexibility index (Phi) is 4.08. The van der Waals surface area contributed by atoms with Gasteiger partial charge in [-0.1, -0.05) is 17.4 Å². The summed E-state index contributed by atoms with van der Waals surface area (Å²) < 4.78 is 11.2. The van der Waals surface area contributed by atoms with Crippen LogP contribution in [0.1, 0.15) is 15.9 Å². The number of hydrogen-bond donors (Lipinski definition) is 2. The first kappa shape index (κ1) is 13.9. The fourth-order valence-electron chi connectivity index (χ4n) is 1.45. The van der Waals surface area contributed by atoms with Crippen LogP contribution in [0.25, 0.3) is 0 Å². The van der Waals surface area contributed by atoms with Gasteiger partial charge in [0.05, 0.1) is 10.9 Å². The molecule has 1 aromatic heterocycles. The molecule has 1 unspecified atom stereocenters. The van der Waals surface area contributed by atoms with Gasteiger partial charge in [0.15, 0.2) is 5.13 Å². The van der Waals surface area contributed by atoms with Crippen molar-refractivity contribution in [2.45, 2.75) is 11.9 Å². The van der Waals surface area contributed by atoms with E-state index >= 15 is 0 Å². The van der Waals surface area contributed by atoms with Crippen molar-refractivity contribution in [2.75, 3.05) is 11.6 Å². The van der Waals surface area contributed by atoms with Gasteiger partial charge < -0.3 is 9.66 Å². The van der Waals surface area contributed by atoms with Crippen LogP contribution in [0.5, 0.6) is 5.75 Å². The molecule has 100 valence electrons. The van der Waals surface area contributed by atoms with Crippen molar-refractivity contribution in [2.24, 2.45) is 0 Å². The third kappa shape index (κ3) is 3.25. The van der Waals surface area contributed by atoms with E-state index in [1.807, 2.05) is 6.92 Å². The lowest BCUT2D eigenvalue weighted by molar-refractivity contribution is 0.102. The SMILES string of the molecule is Cc1ccc(C(=O)Nc2nc([S+](C)[O-])cs2)c(O)c1. The normalized spacial score (nSPS) is 12.2. The minimum Gasteiger partial charge on any atom is -0.610 e. The molecular formula is C12H12N2O3S2. The number of aromatic hydroxyl groups is 1. The number of aryl methyl sites for hydroxylation is 1. The first-order valence-electron chi connectivity index (χ1n) is 5.37. The number of aromatic nitrogens is 1. The molecule has 1 heterocycles. The second kappa shape index (κ2) is 5.60. The molecule has 2 N–H and O–H groups in total. The maximum absolute atomic E-state index is 11.9. The Bertz CT molecular complexity index is 611. The summed E-state index contributed by atoms with van der Waals surface area (Å²) in [5, 5.41) is 14.7. The molecule has 0 aliphatic carbocycles. The Balaban J connectivity index is 2.16. The lowest BCUT2D eigenvalue weighted by atomic mass is 10.1. The minimum atomic E-state index is -1.18. The number of nitrogens with zero attached hydrogens (tertiary/aromatic N) is 1. The summed E-state index contributed by atoms with van der Waals surface area (Å²) in [7, 11) is 0. The van der Waals surface area contributed by atoms with Crippen molar-refractivity contribution < 1.29 is 14.5 Å². The Morgan fingerprint density at radius 3 is 2.84 bits per heavy atom. The summed E-state index contributed by atoms with van der Waals surface area (Å²) in [6, 6.07) is 4.80.